The Labute approximate surface area is 327 Å². The van der Waals surface area contributed by atoms with Crippen LogP contribution in [0, 0.1) is 23.7 Å². The van der Waals surface area contributed by atoms with Gasteiger partial charge in [0.15, 0.2) is 17.3 Å². The molecule has 1 aliphatic heterocycles. The van der Waals surface area contributed by atoms with Crippen molar-refractivity contribution < 1.29 is 38.2 Å². The van der Waals surface area contributed by atoms with Crippen molar-refractivity contribution in [1.29, 1.82) is 0 Å². The van der Waals surface area contributed by atoms with Crippen LogP contribution in [0.4, 0.5) is 0 Å². The van der Waals surface area contributed by atoms with E-state index in [1.807, 2.05) is 74.5 Å². The highest BCUT2D eigenvalue weighted by atomic mass is 16.5. The molecule has 4 aromatic rings. The molecule has 56 heavy (non-hydrogen) atoms. The standard InChI is InChI=1S/C45H51N3O8/c1-26(2)35(45(54)56-41-24-46-37-18-11-10-17-34(37)41)23-40(50)38-19-12-20-48(38)44(53)28(4)21-39(49)29(5)47-43(52)27(3)22-42(51)55-25-36-32-15-8-6-13-30(32)31-14-7-9-16-33(31)36/h6-11,13-18,24,26-29,35-36,38,46H,12,19-23,25H2,1-5H3,(H,47,52). The highest BCUT2D eigenvalue weighted by Gasteiger charge is 2.39. The van der Waals surface area contributed by atoms with E-state index in [-0.39, 0.29) is 55.2 Å². The molecule has 1 saturated heterocycles. The van der Waals surface area contributed by atoms with Crippen LogP contribution >= 0.6 is 0 Å². The van der Waals surface area contributed by atoms with Gasteiger partial charge in [-0.05, 0) is 60.1 Å². The number of hydrogen-bond acceptors (Lipinski definition) is 8. The number of fused-ring (bicyclic) bond motifs is 4. The molecular weight excluding hydrogens is 711 g/mol. The molecule has 5 unspecified atom stereocenters. The molecular formula is C45H51N3O8. The number of para-hydroxylation sites is 1. The molecule has 6 rings (SSSR count). The van der Waals surface area contributed by atoms with Gasteiger partial charge in [-0.1, -0.05) is 88.4 Å². The summed E-state index contributed by atoms with van der Waals surface area (Å²) >= 11 is 0. The number of ketones is 2. The SMILES string of the molecule is CC(CC(=O)OCC1c2ccccc2-c2ccccc21)C(=O)NC(C)C(=O)CC(C)C(=O)N1CCCC1C(=O)CC(C(=O)Oc1c[nH]c2ccccc12)C(C)C. The summed E-state index contributed by atoms with van der Waals surface area (Å²) in [4.78, 5) is 84.4. The number of H-pyrrole nitrogens is 1. The van der Waals surface area contributed by atoms with Crippen LogP contribution in [0.3, 0.4) is 0 Å². The number of esters is 2. The lowest BCUT2D eigenvalue weighted by molar-refractivity contribution is -0.147. The average Bonchev–Trinajstić information content (AvgIpc) is 3.92. The molecule has 1 aliphatic carbocycles. The van der Waals surface area contributed by atoms with Crippen LogP contribution in [0.5, 0.6) is 5.75 Å². The van der Waals surface area contributed by atoms with E-state index < -0.39 is 47.7 Å². The van der Waals surface area contributed by atoms with Gasteiger partial charge in [-0.15, -0.1) is 0 Å². The number of amides is 2. The van der Waals surface area contributed by atoms with E-state index >= 15 is 0 Å². The number of aromatic nitrogens is 1. The van der Waals surface area contributed by atoms with Crippen LogP contribution in [-0.4, -0.2) is 70.4 Å². The first kappa shape index (κ1) is 40.1. The molecule has 0 spiro atoms. The van der Waals surface area contributed by atoms with E-state index in [1.54, 1.807) is 27.0 Å². The Morgan fingerprint density at radius 2 is 1.45 bits per heavy atom. The largest absolute Gasteiger partial charge is 0.465 e. The van der Waals surface area contributed by atoms with Crippen molar-refractivity contribution in [2.45, 2.75) is 84.7 Å². The first-order chi connectivity index (χ1) is 26.8. The number of rotatable bonds is 16. The first-order valence-corrected chi connectivity index (χ1v) is 19.6. The summed E-state index contributed by atoms with van der Waals surface area (Å²) in [6.45, 7) is 9.06. The van der Waals surface area contributed by atoms with Crippen molar-refractivity contribution in [3.8, 4) is 16.9 Å². The Kier molecular flexibility index (Phi) is 12.5. The summed E-state index contributed by atoms with van der Waals surface area (Å²) in [5, 5.41) is 3.46. The minimum absolute atomic E-state index is 0.0715. The Morgan fingerprint density at radius 3 is 2.12 bits per heavy atom. The zero-order valence-corrected chi connectivity index (χ0v) is 32.7. The van der Waals surface area contributed by atoms with Crippen LogP contribution in [0.15, 0.2) is 79.0 Å². The number of benzene rings is 3. The van der Waals surface area contributed by atoms with Crippen molar-refractivity contribution in [3.05, 3.63) is 90.1 Å². The molecule has 2 N–H and O–H groups in total. The Balaban J connectivity index is 0.964. The third-order valence-corrected chi connectivity index (χ3v) is 11.3. The summed E-state index contributed by atoms with van der Waals surface area (Å²) in [6, 6.07) is 22.0. The number of carbonyl (C=O) groups is 6. The normalized spacial score (nSPS) is 17.1. The summed E-state index contributed by atoms with van der Waals surface area (Å²) < 4.78 is 11.4. The zero-order chi connectivity index (χ0) is 40.1. The fourth-order valence-corrected chi connectivity index (χ4v) is 7.92. The zero-order valence-electron chi connectivity index (χ0n) is 32.7. The van der Waals surface area contributed by atoms with Gasteiger partial charge < -0.3 is 24.7 Å². The second kappa shape index (κ2) is 17.5. The Morgan fingerprint density at radius 1 is 0.804 bits per heavy atom. The number of aromatic amines is 1. The summed E-state index contributed by atoms with van der Waals surface area (Å²) in [5.74, 6) is -4.41. The molecule has 294 valence electrons. The highest BCUT2D eigenvalue weighted by molar-refractivity contribution is 5.96. The summed E-state index contributed by atoms with van der Waals surface area (Å²) in [5.41, 5.74) is 5.27. The van der Waals surface area contributed by atoms with Crippen LogP contribution in [0.1, 0.15) is 83.8 Å². The van der Waals surface area contributed by atoms with Gasteiger partial charge in [-0.2, -0.15) is 0 Å². The predicted octanol–water partition coefficient (Wildman–Crippen LogP) is 6.78. The van der Waals surface area contributed by atoms with Gasteiger partial charge in [0, 0.05) is 54.2 Å². The molecule has 5 atom stereocenters. The number of likely N-dealkylation sites (tertiary alicyclic amines) is 1. The minimum Gasteiger partial charge on any atom is -0.465 e. The molecule has 0 saturated carbocycles. The van der Waals surface area contributed by atoms with Crippen LogP contribution < -0.4 is 10.1 Å². The topological polar surface area (TPSA) is 152 Å². The van der Waals surface area contributed by atoms with Crippen molar-refractivity contribution in [3.63, 3.8) is 0 Å². The van der Waals surface area contributed by atoms with Crippen molar-refractivity contribution in [1.82, 2.24) is 15.2 Å². The maximum absolute atomic E-state index is 13.7. The number of nitrogens with zero attached hydrogens (tertiary/aromatic N) is 1. The third-order valence-electron chi connectivity index (χ3n) is 11.3. The van der Waals surface area contributed by atoms with E-state index in [0.717, 1.165) is 33.2 Å². The average molecular weight is 762 g/mol. The molecule has 2 heterocycles. The second-order valence-corrected chi connectivity index (χ2v) is 15.6. The highest BCUT2D eigenvalue weighted by Crippen LogP contribution is 2.44. The first-order valence-electron chi connectivity index (χ1n) is 19.6. The van der Waals surface area contributed by atoms with Crippen LogP contribution in [0.25, 0.3) is 22.0 Å². The van der Waals surface area contributed by atoms with Crippen molar-refractivity contribution in [2.75, 3.05) is 13.2 Å². The molecule has 0 bridgehead atoms. The Hall–Kier alpha value is -5.58. The minimum atomic E-state index is -0.895. The molecule has 2 amide bonds. The fourth-order valence-electron chi connectivity index (χ4n) is 7.92. The Bertz CT molecular complexity index is 2070. The lowest BCUT2D eigenvalue weighted by Crippen LogP contribution is -2.46. The van der Waals surface area contributed by atoms with Gasteiger partial charge in [-0.3, -0.25) is 28.8 Å². The third kappa shape index (κ3) is 8.77. The van der Waals surface area contributed by atoms with E-state index in [2.05, 4.69) is 22.4 Å². The van der Waals surface area contributed by atoms with Gasteiger partial charge in [0.1, 0.15) is 6.61 Å². The lowest BCUT2D eigenvalue weighted by atomic mass is 9.88. The smallest absolute Gasteiger partial charge is 0.315 e. The van der Waals surface area contributed by atoms with E-state index in [9.17, 15) is 28.8 Å². The number of hydrogen-bond donors (Lipinski definition) is 2. The molecule has 11 heteroatoms. The van der Waals surface area contributed by atoms with Gasteiger partial charge in [-0.25, -0.2) is 0 Å². The number of Topliss-reactive ketones (excluding diaryl/α,β-unsaturated/α-hetero) is 2. The summed E-state index contributed by atoms with van der Waals surface area (Å²) in [6.07, 6.45) is 2.37. The van der Waals surface area contributed by atoms with Gasteiger partial charge in [0.05, 0.1) is 24.4 Å². The van der Waals surface area contributed by atoms with Gasteiger partial charge >= 0.3 is 11.9 Å². The quantitative estimate of drug-likeness (QED) is 0.119. The van der Waals surface area contributed by atoms with E-state index in [4.69, 9.17) is 9.47 Å². The maximum atomic E-state index is 13.7. The molecule has 0 radical (unpaired) electrons. The molecule has 2 aliphatic rings. The molecule has 3 aromatic carbocycles. The summed E-state index contributed by atoms with van der Waals surface area (Å²) in [7, 11) is 0. The molecule has 1 aromatic heterocycles. The van der Waals surface area contributed by atoms with Gasteiger partial charge in [0.25, 0.3) is 0 Å². The monoisotopic (exact) mass is 761 g/mol. The second-order valence-electron chi connectivity index (χ2n) is 15.6. The molecule has 11 nitrogen and oxygen atoms in total. The number of carbonyl (C=O) groups excluding carboxylic acids is 6. The predicted molar refractivity (Wildman–Crippen MR) is 211 cm³/mol. The number of ether oxygens (including phenoxy) is 2. The number of nitrogens with one attached hydrogen (secondary N) is 2. The van der Waals surface area contributed by atoms with Gasteiger partial charge in [0.2, 0.25) is 11.8 Å². The molecule has 1 fully saturated rings. The van der Waals surface area contributed by atoms with Crippen molar-refractivity contribution in [2.24, 2.45) is 23.7 Å². The van der Waals surface area contributed by atoms with Crippen LogP contribution in [0.2, 0.25) is 0 Å². The lowest BCUT2D eigenvalue weighted by Gasteiger charge is -2.28. The van der Waals surface area contributed by atoms with Crippen molar-refractivity contribution >= 4 is 46.2 Å². The maximum Gasteiger partial charge on any atom is 0.315 e. The van der Waals surface area contributed by atoms with E-state index in [1.165, 1.54) is 4.90 Å². The van der Waals surface area contributed by atoms with E-state index in [0.29, 0.717) is 25.1 Å². The fraction of sp³-hybridized carbons (Fsp3) is 0.422. The van der Waals surface area contributed by atoms with Crippen LogP contribution in [-0.2, 0) is 33.5 Å².